The van der Waals surface area contributed by atoms with Gasteiger partial charge < -0.3 is 10.7 Å². The Morgan fingerprint density at radius 3 is 2.90 bits per heavy atom. The highest BCUT2D eigenvalue weighted by molar-refractivity contribution is 8.08. The van der Waals surface area contributed by atoms with Crippen LogP contribution in [0.15, 0.2) is 48.2 Å². The molecule has 2 rings (SSSR count). The van der Waals surface area contributed by atoms with Gasteiger partial charge in [-0.2, -0.15) is 0 Å². The summed E-state index contributed by atoms with van der Waals surface area (Å²) in [5, 5.41) is 0. The van der Waals surface area contributed by atoms with Crippen LogP contribution in [-0.2, 0) is 0 Å². The van der Waals surface area contributed by atoms with Crippen LogP contribution in [0.5, 0.6) is 0 Å². The largest absolute Gasteiger partial charge is 0.390 e. The minimum atomic E-state index is 0.0557. The van der Waals surface area contributed by atoms with Crippen molar-refractivity contribution in [3.63, 3.8) is 0 Å². The first-order valence-electron chi connectivity index (χ1n) is 5.90. The molecular weight excluding hydrogens is 272 g/mol. The Bertz CT molecular complexity index is 634. The first-order chi connectivity index (χ1) is 9.72. The van der Waals surface area contributed by atoms with E-state index in [4.69, 9.17) is 5.73 Å². The number of H-pyrrole nitrogens is 1. The molecule has 0 aliphatic heterocycles. The molecule has 5 nitrogen and oxygen atoms in total. The molecule has 102 valence electrons. The zero-order valence-electron chi connectivity index (χ0n) is 10.7. The number of hydrogen-bond acceptors (Lipinski definition) is 4. The van der Waals surface area contributed by atoms with E-state index in [1.165, 1.54) is 24.4 Å². The quantitative estimate of drug-likeness (QED) is 0.485. The van der Waals surface area contributed by atoms with Crippen LogP contribution in [0.1, 0.15) is 16.1 Å². The summed E-state index contributed by atoms with van der Waals surface area (Å²) in [7, 11) is 0. The van der Waals surface area contributed by atoms with Gasteiger partial charge in [0.1, 0.15) is 0 Å². The van der Waals surface area contributed by atoms with Crippen molar-refractivity contribution in [1.82, 2.24) is 9.97 Å². The van der Waals surface area contributed by atoms with E-state index in [-0.39, 0.29) is 5.78 Å². The van der Waals surface area contributed by atoms with Crippen molar-refractivity contribution < 1.29 is 4.79 Å². The lowest BCUT2D eigenvalue weighted by Crippen LogP contribution is -2.01. The summed E-state index contributed by atoms with van der Waals surface area (Å²) in [6.07, 6.45) is 2.69. The van der Waals surface area contributed by atoms with Gasteiger partial charge in [0.2, 0.25) is 0 Å². The average molecular weight is 286 g/mol. The Kier molecular flexibility index (Phi) is 4.73. The second-order valence-electron chi connectivity index (χ2n) is 3.88. The second kappa shape index (κ2) is 6.72. The number of aromatic amines is 1. The molecule has 1 aromatic carbocycles. The number of nitrogens with two attached hydrogens (primary N) is 1. The van der Waals surface area contributed by atoms with Crippen molar-refractivity contribution in [2.75, 3.05) is 5.75 Å². The molecule has 0 unspecified atom stereocenters. The van der Waals surface area contributed by atoms with Crippen molar-refractivity contribution in [3.05, 3.63) is 54.5 Å². The van der Waals surface area contributed by atoms with E-state index in [9.17, 15) is 4.79 Å². The van der Waals surface area contributed by atoms with Gasteiger partial charge in [-0.3, -0.25) is 4.79 Å². The first kappa shape index (κ1) is 14.1. The number of imidazole rings is 1. The fourth-order valence-electron chi connectivity index (χ4n) is 1.59. The summed E-state index contributed by atoms with van der Waals surface area (Å²) in [4.78, 5) is 23.6. The molecule has 0 amide bonds. The van der Waals surface area contributed by atoms with Crippen molar-refractivity contribution in [2.45, 2.75) is 0 Å². The predicted molar refractivity (Wildman–Crippen MR) is 83.2 cm³/mol. The normalized spacial score (nSPS) is 10.8. The molecule has 0 saturated carbocycles. The third-order valence-electron chi connectivity index (χ3n) is 2.57. The molecule has 0 atom stereocenters. The van der Waals surface area contributed by atoms with Crippen molar-refractivity contribution in [1.29, 1.82) is 0 Å². The third kappa shape index (κ3) is 3.36. The zero-order chi connectivity index (χ0) is 14.4. The van der Waals surface area contributed by atoms with Crippen LogP contribution < -0.4 is 5.73 Å². The van der Waals surface area contributed by atoms with Gasteiger partial charge in [0.05, 0.1) is 24.1 Å². The molecule has 2 aromatic rings. The van der Waals surface area contributed by atoms with Crippen LogP contribution in [0.25, 0.3) is 4.91 Å². The lowest BCUT2D eigenvalue weighted by molar-refractivity contribution is 0.102. The van der Waals surface area contributed by atoms with E-state index in [1.807, 2.05) is 18.2 Å². The highest BCUT2D eigenvalue weighted by Gasteiger charge is 2.11. The molecular formula is C14H14N4OS. The lowest BCUT2D eigenvalue weighted by atomic mass is 10.2. The molecule has 0 bridgehead atoms. The summed E-state index contributed by atoms with van der Waals surface area (Å²) >= 11 is 1.35. The highest BCUT2D eigenvalue weighted by atomic mass is 32.2. The van der Waals surface area contributed by atoms with Gasteiger partial charge in [-0.1, -0.05) is 36.9 Å². The Hall–Kier alpha value is -2.34. The van der Waals surface area contributed by atoms with Gasteiger partial charge in [-0.05, 0) is 0 Å². The number of carbonyl (C=O) groups is 1. The van der Waals surface area contributed by atoms with E-state index >= 15 is 0 Å². The standard InChI is InChI=1S/C14H14N4OS/c1-10(13-14(16-8-15)18-9-17-13)20-7-12(19)11-5-3-2-4-6-11/h2-6,8-9H,1,7H2,(H2,15,16)(H,17,18). The molecule has 0 aliphatic rings. The van der Waals surface area contributed by atoms with Gasteiger partial charge in [0, 0.05) is 10.5 Å². The Morgan fingerprint density at radius 2 is 2.20 bits per heavy atom. The first-order valence-corrected chi connectivity index (χ1v) is 6.89. The van der Waals surface area contributed by atoms with Crippen molar-refractivity contribution >= 4 is 34.6 Å². The summed E-state index contributed by atoms with van der Waals surface area (Å²) < 4.78 is 0. The molecule has 3 N–H and O–H groups in total. The van der Waals surface area contributed by atoms with Gasteiger partial charge >= 0.3 is 0 Å². The monoisotopic (exact) mass is 286 g/mol. The Balaban J connectivity index is 1.99. The fraction of sp³-hybridized carbons (Fsp3) is 0.0714. The topological polar surface area (TPSA) is 84.1 Å². The van der Waals surface area contributed by atoms with Gasteiger partial charge in [0.25, 0.3) is 0 Å². The number of ketones is 1. The van der Waals surface area contributed by atoms with E-state index in [0.29, 0.717) is 27.7 Å². The molecule has 0 aliphatic carbocycles. The maximum atomic E-state index is 12.0. The summed E-state index contributed by atoms with van der Waals surface area (Å²) in [6.45, 7) is 3.93. The summed E-state index contributed by atoms with van der Waals surface area (Å²) in [6, 6.07) is 9.16. The number of thioether (sulfide) groups is 1. The number of rotatable bonds is 6. The number of aliphatic imine (C=N–C) groups is 1. The number of Topliss-reactive ketones (excluding diaryl/α,β-unsaturated/α-hetero) is 1. The molecule has 0 fully saturated rings. The van der Waals surface area contributed by atoms with Crippen LogP contribution in [0.3, 0.4) is 0 Å². The molecule has 0 spiro atoms. The van der Waals surface area contributed by atoms with Gasteiger partial charge in [-0.25, -0.2) is 9.98 Å². The predicted octanol–water partition coefficient (Wildman–Crippen LogP) is 2.61. The number of hydrogen-bond donors (Lipinski definition) is 2. The van der Waals surface area contributed by atoms with E-state index in [2.05, 4.69) is 21.5 Å². The van der Waals surface area contributed by atoms with Crippen LogP contribution in [0, 0.1) is 0 Å². The number of benzene rings is 1. The number of carbonyl (C=O) groups excluding carboxylic acids is 1. The van der Waals surface area contributed by atoms with E-state index in [1.54, 1.807) is 12.1 Å². The van der Waals surface area contributed by atoms with Gasteiger partial charge in [-0.15, -0.1) is 11.8 Å². The average Bonchev–Trinajstić information content (AvgIpc) is 2.94. The maximum Gasteiger partial charge on any atom is 0.179 e. The van der Waals surface area contributed by atoms with Crippen molar-refractivity contribution in [2.24, 2.45) is 10.7 Å². The molecule has 0 radical (unpaired) electrons. The third-order valence-corrected chi connectivity index (χ3v) is 3.53. The van der Waals surface area contributed by atoms with Crippen molar-refractivity contribution in [3.8, 4) is 0 Å². The maximum absolute atomic E-state index is 12.0. The Labute approximate surface area is 121 Å². The highest BCUT2D eigenvalue weighted by Crippen LogP contribution is 2.30. The molecule has 20 heavy (non-hydrogen) atoms. The lowest BCUT2D eigenvalue weighted by Gasteiger charge is -2.04. The number of nitrogens with zero attached hydrogens (tertiary/aromatic N) is 2. The Morgan fingerprint density at radius 1 is 1.45 bits per heavy atom. The number of aromatic nitrogens is 2. The smallest absolute Gasteiger partial charge is 0.179 e. The second-order valence-corrected chi connectivity index (χ2v) is 4.95. The van der Waals surface area contributed by atoms with Crippen LogP contribution >= 0.6 is 11.8 Å². The fourth-order valence-corrected chi connectivity index (χ4v) is 2.36. The van der Waals surface area contributed by atoms with E-state index < -0.39 is 0 Å². The minimum absolute atomic E-state index is 0.0557. The zero-order valence-corrected chi connectivity index (χ0v) is 11.6. The van der Waals surface area contributed by atoms with Gasteiger partial charge in [0.15, 0.2) is 11.6 Å². The molecule has 0 saturated heterocycles. The summed E-state index contributed by atoms with van der Waals surface area (Å²) in [5.74, 6) is 0.838. The minimum Gasteiger partial charge on any atom is -0.390 e. The SMILES string of the molecule is C=C(SCC(=O)c1ccccc1)c1[nH]cnc1N=CN. The summed E-state index contributed by atoms with van der Waals surface area (Å²) in [5.41, 5.74) is 6.62. The van der Waals surface area contributed by atoms with Crippen LogP contribution in [-0.4, -0.2) is 27.8 Å². The molecule has 6 heteroatoms. The molecule has 1 aromatic heterocycles. The van der Waals surface area contributed by atoms with E-state index in [0.717, 1.165) is 0 Å². The molecule has 1 heterocycles. The van der Waals surface area contributed by atoms with Crippen LogP contribution in [0.4, 0.5) is 5.82 Å². The number of nitrogens with one attached hydrogen (secondary N) is 1. The van der Waals surface area contributed by atoms with Crippen LogP contribution in [0.2, 0.25) is 0 Å².